The first-order valence-electron chi connectivity index (χ1n) is 24.5. The summed E-state index contributed by atoms with van der Waals surface area (Å²) >= 11 is 0. The monoisotopic (exact) mass is 779 g/mol. The van der Waals surface area contributed by atoms with Crippen LogP contribution in [-0.2, 0) is 28.6 Å². The maximum atomic E-state index is 12.7. The third-order valence-corrected chi connectivity index (χ3v) is 11.1. The molecule has 326 valence electrons. The Kier molecular flexibility index (Phi) is 43.8. The predicted molar refractivity (Wildman–Crippen MR) is 233 cm³/mol. The van der Waals surface area contributed by atoms with Crippen LogP contribution < -0.4 is 0 Å². The van der Waals surface area contributed by atoms with Gasteiger partial charge in [0.1, 0.15) is 13.2 Å². The van der Waals surface area contributed by atoms with Crippen LogP contribution in [0.1, 0.15) is 278 Å². The van der Waals surface area contributed by atoms with E-state index in [1.54, 1.807) is 0 Å². The number of carbonyl (C=O) groups is 3. The summed E-state index contributed by atoms with van der Waals surface area (Å²) in [5.41, 5.74) is 0. The Morgan fingerprint density at radius 3 is 0.727 bits per heavy atom. The van der Waals surface area contributed by atoms with Crippen molar-refractivity contribution < 1.29 is 28.6 Å². The van der Waals surface area contributed by atoms with Crippen molar-refractivity contribution in [2.45, 2.75) is 284 Å². The summed E-state index contributed by atoms with van der Waals surface area (Å²) in [5.74, 6) is -0.857. The molecule has 0 aromatic rings. The predicted octanol–water partition coefficient (Wildman–Crippen LogP) is 15.6. The molecule has 0 aliphatic heterocycles. The van der Waals surface area contributed by atoms with Crippen LogP contribution >= 0.6 is 0 Å². The average molecular weight is 779 g/mol. The van der Waals surface area contributed by atoms with Gasteiger partial charge in [0.05, 0.1) is 0 Å². The minimum atomic E-state index is -0.757. The van der Waals surface area contributed by atoms with Crippen molar-refractivity contribution in [2.75, 3.05) is 13.2 Å². The van der Waals surface area contributed by atoms with Gasteiger partial charge in [0.25, 0.3) is 0 Å². The molecule has 0 bridgehead atoms. The molecule has 0 amide bonds. The van der Waals surface area contributed by atoms with Gasteiger partial charge in [0.2, 0.25) is 0 Å². The van der Waals surface area contributed by atoms with Crippen molar-refractivity contribution in [3.05, 3.63) is 0 Å². The molecule has 0 N–H and O–H groups in total. The maximum Gasteiger partial charge on any atom is 0.306 e. The molecule has 0 aliphatic carbocycles. The van der Waals surface area contributed by atoms with E-state index in [0.717, 1.165) is 57.8 Å². The lowest BCUT2D eigenvalue weighted by Gasteiger charge is -2.18. The molecule has 55 heavy (non-hydrogen) atoms. The van der Waals surface area contributed by atoms with Gasteiger partial charge in [-0.1, -0.05) is 239 Å². The van der Waals surface area contributed by atoms with Crippen molar-refractivity contribution >= 4 is 17.9 Å². The molecule has 0 fully saturated rings. The van der Waals surface area contributed by atoms with E-state index in [9.17, 15) is 14.4 Å². The molecule has 0 saturated heterocycles. The summed E-state index contributed by atoms with van der Waals surface area (Å²) in [6.07, 6.45) is 46.8. The lowest BCUT2D eigenvalue weighted by Crippen LogP contribution is -2.30. The van der Waals surface area contributed by atoms with Crippen LogP contribution in [0, 0.1) is 0 Å². The molecule has 0 rings (SSSR count). The van der Waals surface area contributed by atoms with Crippen molar-refractivity contribution in [3.63, 3.8) is 0 Å². The highest BCUT2D eigenvalue weighted by molar-refractivity contribution is 5.71. The van der Waals surface area contributed by atoms with Gasteiger partial charge in [-0.3, -0.25) is 14.4 Å². The molecule has 0 aromatic heterocycles. The highest BCUT2D eigenvalue weighted by Crippen LogP contribution is 2.16. The Morgan fingerprint density at radius 2 is 0.491 bits per heavy atom. The zero-order chi connectivity index (χ0) is 40.1. The normalized spacial score (nSPS) is 11.8. The van der Waals surface area contributed by atoms with Gasteiger partial charge >= 0.3 is 17.9 Å². The average Bonchev–Trinajstić information content (AvgIpc) is 3.18. The van der Waals surface area contributed by atoms with Crippen molar-refractivity contribution in [1.82, 2.24) is 0 Å². The topological polar surface area (TPSA) is 78.9 Å². The summed E-state index contributed by atoms with van der Waals surface area (Å²) in [6, 6.07) is 0. The standard InChI is InChI=1S/C49H94O6/c1-4-7-10-13-16-18-20-22-23-24-25-26-27-28-30-31-33-36-39-42-48(51)54-45-46(44-53-47(50)41-38-35-15-12-9-6-3)55-49(52)43-40-37-34-32-29-21-19-17-14-11-8-5-2/h46H,4-45H2,1-3H3. The molecular formula is C49H94O6. The summed E-state index contributed by atoms with van der Waals surface area (Å²) in [5, 5.41) is 0. The maximum absolute atomic E-state index is 12.7. The van der Waals surface area contributed by atoms with E-state index in [1.165, 1.54) is 180 Å². The number of hydrogen-bond acceptors (Lipinski definition) is 6. The molecule has 6 nitrogen and oxygen atoms in total. The van der Waals surface area contributed by atoms with Crippen LogP contribution in [0.15, 0.2) is 0 Å². The Bertz CT molecular complexity index is 813. The Labute approximate surface area is 342 Å². The largest absolute Gasteiger partial charge is 0.462 e. The van der Waals surface area contributed by atoms with E-state index in [-0.39, 0.29) is 31.1 Å². The van der Waals surface area contributed by atoms with E-state index in [1.807, 2.05) is 0 Å². The summed E-state index contributed by atoms with van der Waals surface area (Å²) in [4.78, 5) is 37.6. The molecule has 0 radical (unpaired) electrons. The molecule has 1 atom stereocenters. The molecule has 0 spiro atoms. The summed E-state index contributed by atoms with van der Waals surface area (Å²) < 4.78 is 16.7. The van der Waals surface area contributed by atoms with E-state index in [0.29, 0.717) is 19.3 Å². The molecule has 1 unspecified atom stereocenters. The molecule has 6 heteroatoms. The molecule has 0 saturated carbocycles. The number of rotatable bonds is 45. The number of unbranched alkanes of at least 4 members (excludes halogenated alkanes) is 34. The van der Waals surface area contributed by atoms with Gasteiger partial charge < -0.3 is 14.2 Å². The fourth-order valence-corrected chi connectivity index (χ4v) is 7.38. The lowest BCUT2D eigenvalue weighted by molar-refractivity contribution is -0.167. The van der Waals surface area contributed by atoms with Crippen LogP contribution in [0.3, 0.4) is 0 Å². The fourth-order valence-electron chi connectivity index (χ4n) is 7.38. The quantitative estimate of drug-likeness (QED) is 0.0348. The number of ether oxygens (including phenoxy) is 3. The van der Waals surface area contributed by atoms with Crippen LogP contribution in [0.2, 0.25) is 0 Å². The SMILES string of the molecule is CCCCCCCCCCCCCCCCCCCCCC(=O)OCC(COC(=O)CCCCCCCC)OC(=O)CCCCCCCCCCCCCC. The van der Waals surface area contributed by atoms with Crippen molar-refractivity contribution in [2.24, 2.45) is 0 Å². The van der Waals surface area contributed by atoms with E-state index in [4.69, 9.17) is 14.2 Å². The van der Waals surface area contributed by atoms with Crippen LogP contribution in [-0.4, -0.2) is 37.2 Å². The number of hydrogen-bond donors (Lipinski definition) is 0. The van der Waals surface area contributed by atoms with Crippen LogP contribution in [0.5, 0.6) is 0 Å². The van der Waals surface area contributed by atoms with E-state index in [2.05, 4.69) is 20.8 Å². The zero-order valence-corrected chi connectivity index (χ0v) is 37.2. The first-order chi connectivity index (χ1) is 27.0. The highest BCUT2D eigenvalue weighted by atomic mass is 16.6. The van der Waals surface area contributed by atoms with Crippen molar-refractivity contribution in [1.29, 1.82) is 0 Å². The minimum Gasteiger partial charge on any atom is -0.462 e. The Balaban J connectivity index is 4.12. The first kappa shape index (κ1) is 53.4. The smallest absolute Gasteiger partial charge is 0.306 e. The highest BCUT2D eigenvalue weighted by Gasteiger charge is 2.19. The number of esters is 3. The van der Waals surface area contributed by atoms with Gasteiger partial charge in [0.15, 0.2) is 6.10 Å². The van der Waals surface area contributed by atoms with Gasteiger partial charge in [-0.25, -0.2) is 0 Å². The minimum absolute atomic E-state index is 0.0631. The lowest BCUT2D eigenvalue weighted by atomic mass is 10.0. The fraction of sp³-hybridized carbons (Fsp3) is 0.939. The van der Waals surface area contributed by atoms with Crippen LogP contribution in [0.4, 0.5) is 0 Å². The summed E-state index contributed by atoms with van der Waals surface area (Å²) in [7, 11) is 0. The zero-order valence-electron chi connectivity index (χ0n) is 37.2. The van der Waals surface area contributed by atoms with Crippen LogP contribution in [0.25, 0.3) is 0 Å². The van der Waals surface area contributed by atoms with Gasteiger partial charge in [-0.15, -0.1) is 0 Å². The van der Waals surface area contributed by atoms with Gasteiger partial charge in [0, 0.05) is 19.3 Å². The first-order valence-corrected chi connectivity index (χ1v) is 24.5. The van der Waals surface area contributed by atoms with E-state index >= 15 is 0 Å². The second-order valence-corrected chi connectivity index (χ2v) is 16.7. The Hall–Kier alpha value is -1.59. The third kappa shape index (κ3) is 43.4. The van der Waals surface area contributed by atoms with Crippen molar-refractivity contribution in [3.8, 4) is 0 Å². The summed E-state index contributed by atoms with van der Waals surface area (Å²) in [6.45, 7) is 6.61. The number of carbonyl (C=O) groups excluding carboxylic acids is 3. The molecular weight excluding hydrogens is 685 g/mol. The van der Waals surface area contributed by atoms with Gasteiger partial charge in [-0.05, 0) is 19.3 Å². The second kappa shape index (κ2) is 45.1. The molecule has 0 aromatic carbocycles. The third-order valence-electron chi connectivity index (χ3n) is 11.1. The second-order valence-electron chi connectivity index (χ2n) is 16.7. The molecule has 0 heterocycles. The Morgan fingerprint density at radius 1 is 0.291 bits per heavy atom. The van der Waals surface area contributed by atoms with E-state index < -0.39 is 6.10 Å². The van der Waals surface area contributed by atoms with Gasteiger partial charge in [-0.2, -0.15) is 0 Å². The molecule has 0 aliphatic rings.